The number of rotatable bonds is 1. The second-order valence-corrected chi connectivity index (χ2v) is 4.12. The molecule has 0 aliphatic rings. The molecule has 0 aliphatic heterocycles. The molecule has 0 saturated carbocycles. The Morgan fingerprint density at radius 2 is 2.08 bits per heavy atom. The monoisotopic (exact) mass is 231 g/mol. The molecule has 0 aliphatic carbocycles. The van der Waals surface area contributed by atoms with Crippen molar-refractivity contribution in [1.82, 2.24) is 15.2 Å². The minimum atomic E-state index is 0.398. The largest absolute Gasteiger partial charge is 0.244 e. The van der Waals surface area contributed by atoms with Crippen LogP contribution >= 0.6 is 34.5 Å². The normalized spacial score (nSPS) is 10.3. The molecule has 0 spiro atoms. The maximum absolute atomic E-state index is 5.85. The first-order chi connectivity index (χ1) is 6.27. The van der Waals surface area contributed by atoms with E-state index in [1.165, 1.54) is 11.3 Å². The molecule has 2 aromatic rings. The Morgan fingerprint density at radius 1 is 1.23 bits per heavy atom. The number of halogens is 2. The summed E-state index contributed by atoms with van der Waals surface area (Å²) in [6, 6.07) is 3.61. The van der Waals surface area contributed by atoms with Gasteiger partial charge in [0.25, 0.3) is 0 Å². The van der Waals surface area contributed by atoms with E-state index in [1.54, 1.807) is 12.3 Å². The van der Waals surface area contributed by atoms with Crippen LogP contribution in [-0.4, -0.2) is 15.2 Å². The lowest BCUT2D eigenvalue weighted by molar-refractivity contribution is 1.09. The molecular formula is C7H3Cl2N3S. The fraction of sp³-hybridized carbons (Fsp3) is 0. The average Bonchev–Trinajstić information content (AvgIpc) is 2.53. The van der Waals surface area contributed by atoms with Crippen LogP contribution in [0.4, 0.5) is 0 Å². The quantitative estimate of drug-likeness (QED) is 0.709. The average molecular weight is 232 g/mol. The number of hydrogen-bond donors (Lipinski definition) is 0. The van der Waals surface area contributed by atoms with E-state index >= 15 is 0 Å². The van der Waals surface area contributed by atoms with Crippen LogP contribution in [0.5, 0.6) is 0 Å². The van der Waals surface area contributed by atoms with E-state index in [9.17, 15) is 0 Å². The molecule has 0 amide bonds. The van der Waals surface area contributed by atoms with Crippen molar-refractivity contribution in [3.8, 4) is 10.6 Å². The number of nitrogens with zero attached hydrogens (tertiary/aromatic N) is 3. The summed E-state index contributed by atoms with van der Waals surface area (Å²) in [6.07, 6.45) is 1.62. The maximum atomic E-state index is 5.85. The molecule has 2 rings (SSSR count). The van der Waals surface area contributed by atoms with Crippen molar-refractivity contribution in [3.63, 3.8) is 0 Å². The van der Waals surface area contributed by atoms with Gasteiger partial charge in [0.2, 0.25) is 4.47 Å². The van der Waals surface area contributed by atoms with Crippen LogP contribution in [0, 0.1) is 0 Å². The molecule has 66 valence electrons. The molecule has 2 aromatic heterocycles. The summed E-state index contributed by atoms with van der Waals surface area (Å²) in [7, 11) is 0. The molecule has 3 nitrogen and oxygen atoms in total. The Labute approximate surface area is 88.4 Å². The summed E-state index contributed by atoms with van der Waals surface area (Å²) in [5.41, 5.74) is 0.758. The zero-order chi connectivity index (χ0) is 9.26. The zero-order valence-electron chi connectivity index (χ0n) is 6.24. The molecule has 2 heterocycles. The van der Waals surface area contributed by atoms with Crippen LogP contribution in [-0.2, 0) is 0 Å². The van der Waals surface area contributed by atoms with Crippen molar-refractivity contribution in [2.75, 3.05) is 0 Å². The van der Waals surface area contributed by atoms with E-state index < -0.39 is 0 Å². The zero-order valence-corrected chi connectivity index (χ0v) is 8.57. The Morgan fingerprint density at radius 3 is 2.69 bits per heavy atom. The highest BCUT2D eigenvalue weighted by Gasteiger charge is 2.08. The van der Waals surface area contributed by atoms with Crippen molar-refractivity contribution >= 4 is 34.5 Å². The highest BCUT2D eigenvalue weighted by molar-refractivity contribution is 7.18. The first-order valence-electron chi connectivity index (χ1n) is 3.37. The fourth-order valence-corrected chi connectivity index (χ4v) is 1.98. The highest BCUT2D eigenvalue weighted by atomic mass is 35.5. The van der Waals surface area contributed by atoms with Gasteiger partial charge in [-0.05, 0) is 23.7 Å². The van der Waals surface area contributed by atoms with Crippen molar-refractivity contribution in [1.29, 1.82) is 0 Å². The SMILES string of the molecule is Clc1nnc(-c2cccnc2Cl)s1. The van der Waals surface area contributed by atoms with Crippen LogP contribution < -0.4 is 0 Å². The summed E-state index contributed by atoms with van der Waals surface area (Å²) in [5.74, 6) is 0. The second-order valence-electron chi connectivity index (χ2n) is 2.20. The van der Waals surface area contributed by atoms with Gasteiger partial charge in [0, 0.05) is 11.8 Å². The van der Waals surface area contributed by atoms with E-state index in [2.05, 4.69) is 15.2 Å². The Bertz CT molecular complexity index is 429. The molecule has 13 heavy (non-hydrogen) atoms. The molecule has 0 saturated heterocycles. The molecule has 0 unspecified atom stereocenters. The standard InChI is InChI=1S/C7H3Cl2N3S/c8-5-4(2-1-3-10-5)6-11-12-7(9)13-6/h1-3H. The predicted octanol–water partition coefficient (Wildman–Crippen LogP) is 2.91. The molecule has 0 aromatic carbocycles. The van der Waals surface area contributed by atoms with E-state index in [0.29, 0.717) is 14.6 Å². The smallest absolute Gasteiger partial charge is 0.207 e. The minimum absolute atomic E-state index is 0.398. The number of hydrogen-bond acceptors (Lipinski definition) is 4. The summed E-state index contributed by atoms with van der Waals surface area (Å²) in [4.78, 5) is 3.93. The van der Waals surface area contributed by atoms with Gasteiger partial charge in [-0.25, -0.2) is 4.98 Å². The van der Waals surface area contributed by atoms with Crippen molar-refractivity contribution in [3.05, 3.63) is 27.9 Å². The third-order valence-corrected chi connectivity index (χ3v) is 2.74. The highest BCUT2D eigenvalue weighted by Crippen LogP contribution is 2.29. The number of pyridine rings is 1. The van der Waals surface area contributed by atoms with Gasteiger partial charge in [0.05, 0.1) is 0 Å². The fourth-order valence-electron chi connectivity index (χ4n) is 0.860. The lowest BCUT2D eigenvalue weighted by atomic mass is 10.3. The van der Waals surface area contributed by atoms with Crippen LogP contribution in [0.1, 0.15) is 0 Å². The van der Waals surface area contributed by atoms with Gasteiger partial charge < -0.3 is 0 Å². The molecule has 0 radical (unpaired) electrons. The summed E-state index contributed by atoms with van der Waals surface area (Å²) in [5, 5.41) is 8.64. The first-order valence-corrected chi connectivity index (χ1v) is 4.94. The van der Waals surface area contributed by atoms with Gasteiger partial charge in [-0.3, -0.25) is 0 Å². The van der Waals surface area contributed by atoms with Crippen molar-refractivity contribution < 1.29 is 0 Å². The molecule has 0 atom stereocenters. The third kappa shape index (κ3) is 1.80. The molecular weight excluding hydrogens is 229 g/mol. The lowest BCUT2D eigenvalue weighted by Gasteiger charge is -1.95. The van der Waals surface area contributed by atoms with Gasteiger partial charge in [0.15, 0.2) is 5.01 Å². The van der Waals surface area contributed by atoms with Crippen LogP contribution in [0.3, 0.4) is 0 Å². The topological polar surface area (TPSA) is 38.7 Å². The van der Waals surface area contributed by atoms with Gasteiger partial charge in [-0.1, -0.05) is 22.9 Å². The number of aromatic nitrogens is 3. The molecule has 0 bridgehead atoms. The van der Waals surface area contributed by atoms with Crippen molar-refractivity contribution in [2.24, 2.45) is 0 Å². The summed E-state index contributed by atoms with van der Waals surface area (Å²) >= 11 is 12.8. The lowest BCUT2D eigenvalue weighted by Crippen LogP contribution is -1.81. The summed E-state index contributed by atoms with van der Waals surface area (Å²) < 4.78 is 0.398. The summed E-state index contributed by atoms with van der Waals surface area (Å²) in [6.45, 7) is 0. The van der Waals surface area contributed by atoms with Gasteiger partial charge in [-0.2, -0.15) is 0 Å². The van der Waals surface area contributed by atoms with E-state index in [1.807, 2.05) is 6.07 Å². The molecule has 0 N–H and O–H groups in total. The predicted molar refractivity (Wildman–Crippen MR) is 53.2 cm³/mol. The molecule has 0 fully saturated rings. The Kier molecular flexibility index (Phi) is 2.44. The second kappa shape index (κ2) is 3.57. The first kappa shape index (κ1) is 8.87. The Balaban J connectivity index is 2.52. The van der Waals surface area contributed by atoms with E-state index in [0.717, 1.165) is 5.56 Å². The maximum Gasteiger partial charge on any atom is 0.207 e. The third-order valence-electron chi connectivity index (χ3n) is 1.39. The van der Waals surface area contributed by atoms with Crippen LogP contribution in [0.2, 0.25) is 9.62 Å². The Hall–Kier alpha value is -0.710. The van der Waals surface area contributed by atoms with Crippen molar-refractivity contribution in [2.45, 2.75) is 0 Å². The van der Waals surface area contributed by atoms with E-state index in [-0.39, 0.29) is 0 Å². The van der Waals surface area contributed by atoms with E-state index in [4.69, 9.17) is 23.2 Å². The van der Waals surface area contributed by atoms with Gasteiger partial charge in [0.1, 0.15) is 5.15 Å². The van der Waals surface area contributed by atoms with Gasteiger partial charge in [-0.15, -0.1) is 10.2 Å². The van der Waals surface area contributed by atoms with Crippen LogP contribution in [0.15, 0.2) is 18.3 Å². The van der Waals surface area contributed by atoms with Gasteiger partial charge >= 0.3 is 0 Å². The minimum Gasteiger partial charge on any atom is -0.244 e. The molecule has 6 heteroatoms. The van der Waals surface area contributed by atoms with Crippen LogP contribution in [0.25, 0.3) is 10.6 Å².